The average molecular weight is 235 g/mol. The van der Waals surface area contributed by atoms with Gasteiger partial charge in [0.15, 0.2) is 0 Å². The first-order valence-corrected chi connectivity index (χ1v) is 6.85. The van der Waals surface area contributed by atoms with Gasteiger partial charge in [-0.25, -0.2) is 0 Å². The zero-order valence-corrected chi connectivity index (χ0v) is 11.6. The fourth-order valence-electron chi connectivity index (χ4n) is 3.12. The predicted molar refractivity (Wildman–Crippen MR) is 71.1 cm³/mol. The maximum absolute atomic E-state index is 4.50. The van der Waals surface area contributed by atoms with Crippen molar-refractivity contribution in [3.63, 3.8) is 0 Å². The average Bonchev–Trinajstić information content (AvgIpc) is 2.54. The molecule has 1 aromatic heterocycles. The summed E-state index contributed by atoms with van der Waals surface area (Å²) in [4.78, 5) is 0. The number of aromatic nitrogens is 2. The minimum absolute atomic E-state index is 0.423. The van der Waals surface area contributed by atoms with Crippen molar-refractivity contribution in [1.82, 2.24) is 15.1 Å². The molecule has 0 radical (unpaired) electrons. The van der Waals surface area contributed by atoms with E-state index in [0.29, 0.717) is 12.1 Å². The lowest BCUT2D eigenvalue weighted by Gasteiger charge is -2.27. The predicted octanol–water partition coefficient (Wildman–Crippen LogP) is 3.02. The van der Waals surface area contributed by atoms with Crippen LogP contribution in [0.25, 0.3) is 0 Å². The summed E-state index contributed by atoms with van der Waals surface area (Å²) in [6.45, 7) is 6.54. The molecule has 1 aliphatic carbocycles. The van der Waals surface area contributed by atoms with Gasteiger partial charge in [0.25, 0.3) is 0 Å². The van der Waals surface area contributed by atoms with Crippen molar-refractivity contribution in [3.8, 4) is 0 Å². The topological polar surface area (TPSA) is 29.9 Å². The molecule has 1 aliphatic rings. The second-order valence-corrected chi connectivity index (χ2v) is 5.43. The molecule has 0 amide bonds. The van der Waals surface area contributed by atoms with E-state index in [2.05, 4.69) is 31.2 Å². The molecule has 3 heteroatoms. The van der Waals surface area contributed by atoms with Gasteiger partial charge in [0.1, 0.15) is 0 Å². The van der Waals surface area contributed by atoms with E-state index in [9.17, 15) is 0 Å². The minimum atomic E-state index is 0.423. The van der Waals surface area contributed by atoms with E-state index in [1.165, 1.54) is 49.1 Å². The highest BCUT2D eigenvalue weighted by molar-refractivity contribution is 5.27. The van der Waals surface area contributed by atoms with E-state index in [0.717, 1.165) is 0 Å². The summed E-state index contributed by atoms with van der Waals surface area (Å²) in [5, 5.41) is 8.28. The third kappa shape index (κ3) is 2.71. The highest BCUT2D eigenvalue weighted by atomic mass is 15.3. The van der Waals surface area contributed by atoms with Crippen molar-refractivity contribution in [3.05, 3.63) is 17.0 Å². The molecule has 1 heterocycles. The van der Waals surface area contributed by atoms with Gasteiger partial charge in [-0.05, 0) is 33.6 Å². The Kier molecular flexibility index (Phi) is 3.87. The second kappa shape index (κ2) is 5.21. The molecule has 1 fully saturated rings. The Hall–Kier alpha value is -0.830. The summed E-state index contributed by atoms with van der Waals surface area (Å²) in [5.74, 6) is 0. The van der Waals surface area contributed by atoms with Gasteiger partial charge in [0.05, 0.1) is 5.69 Å². The lowest BCUT2D eigenvalue weighted by molar-refractivity contribution is 0.346. The molecule has 0 bridgehead atoms. The van der Waals surface area contributed by atoms with Crippen LogP contribution < -0.4 is 5.32 Å². The first-order chi connectivity index (χ1) is 8.09. The normalized spacial score (nSPS) is 19.5. The van der Waals surface area contributed by atoms with E-state index < -0.39 is 0 Å². The molecule has 1 saturated carbocycles. The zero-order chi connectivity index (χ0) is 12.4. The lowest BCUT2D eigenvalue weighted by Crippen LogP contribution is -2.33. The Morgan fingerprint density at radius 3 is 2.41 bits per heavy atom. The molecule has 17 heavy (non-hydrogen) atoms. The number of nitrogens with zero attached hydrogens (tertiary/aromatic N) is 2. The van der Waals surface area contributed by atoms with E-state index in [1.807, 2.05) is 11.7 Å². The van der Waals surface area contributed by atoms with Gasteiger partial charge in [0.2, 0.25) is 0 Å². The zero-order valence-electron chi connectivity index (χ0n) is 11.6. The van der Waals surface area contributed by atoms with Crippen LogP contribution in [0.5, 0.6) is 0 Å². The number of aryl methyl sites for hydroxylation is 2. The van der Waals surface area contributed by atoms with Gasteiger partial charge in [0, 0.05) is 30.4 Å². The van der Waals surface area contributed by atoms with E-state index in [1.54, 1.807) is 0 Å². The lowest BCUT2D eigenvalue weighted by atomic mass is 9.94. The molecule has 1 unspecified atom stereocenters. The smallest absolute Gasteiger partial charge is 0.0644 e. The largest absolute Gasteiger partial charge is 0.307 e. The summed E-state index contributed by atoms with van der Waals surface area (Å²) < 4.78 is 1.99. The van der Waals surface area contributed by atoms with Crippen LogP contribution in [0.3, 0.4) is 0 Å². The standard InChI is InChI=1S/C14H25N3/c1-10(15-13-8-6-5-7-9-13)14-11(2)16-17(4)12(14)3/h10,13,15H,5-9H2,1-4H3. The van der Waals surface area contributed by atoms with Crippen LogP contribution in [0.4, 0.5) is 0 Å². The van der Waals surface area contributed by atoms with Crippen LogP contribution in [-0.4, -0.2) is 15.8 Å². The molecule has 0 aliphatic heterocycles. The second-order valence-electron chi connectivity index (χ2n) is 5.43. The van der Waals surface area contributed by atoms with Crippen LogP contribution in [-0.2, 0) is 7.05 Å². The first-order valence-electron chi connectivity index (χ1n) is 6.85. The Labute approximate surface area is 105 Å². The monoisotopic (exact) mass is 235 g/mol. The van der Waals surface area contributed by atoms with Crippen LogP contribution >= 0.6 is 0 Å². The Balaban J connectivity index is 2.05. The maximum atomic E-state index is 4.50. The van der Waals surface area contributed by atoms with Gasteiger partial charge in [-0.1, -0.05) is 19.3 Å². The summed E-state index contributed by atoms with van der Waals surface area (Å²) >= 11 is 0. The molecular formula is C14H25N3. The van der Waals surface area contributed by atoms with Crippen molar-refractivity contribution in [2.75, 3.05) is 0 Å². The van der Waals surface area contributed by atoms with Crippen LogP contribution in [0.15, 0.2) is 0 Å². The number of rotatable bonds is 3. The highest BCUT2D eigenvalue weighted by Gasteiger charge is 2.20. The van der Waals surface area contributed by atoms with Gasteiger partial charge < -0.3 is 5.32 Å². The Morgan fingerprint density at radius 1 is 1.24 bits per heavy atom. The first kappa shape index (κ1) is 12.6. The van der Waals surface area contributed by atoms with Crippen molar-refractivity contribution in [1.29, 1.82) is 0 Å². The van der Waals surface area contributed by atoms with Crippen molar-refractivity contribution in [2.45, 2.75) is 65.0 Å². The SMILES string of the molecule is Cc1nn(C)c(C)c1C(C)NC1CCCCC1. The van der Waals surface area contributed by atoms with Gasteiger partial charge >= 0.3 is 0 Å². The third-order valence-electron chi connectivity index (χ3n) is 4.09. The molecule has 0 saturated heterocycles. The molecule has 1 atom stereocenters. The van der Waals surface area contributed by atoms with Crippen LogP contribution in [0.1, 0.15) is 62.0 Å². The van der Waals surface area contributed by atoms with E-state index in [-0.39, 0.29) is 0 Å². The molecule has 96 valence electrons. The number of hydrogen-bond acceptors (Lipinski definition) is 2. The minimum Gasteiger partial charge on any atom is -0.307 e. The van der Waals surface area contributed by atoms with Crippen molar-refractivity contribution in [2.24, 2.45) is 7.05 Å². The summed E-state index contributed by atoms with van der Waals surface area (Å²) in [5.41, 5.74) is 3.84. The molecule has 0 aromatic carbocycles. The van der Waals surface area contributed by atoms with Crippen LogP contribution in [0.2, 0.25) is 0 Å². The quantitative estimate of drug-likeness (QED) is 0.872. The maximum Gasteiger partial charge on any atom is 0.0644 e. The molecule has 1 N–H and O–H groups in total. The summed E-state index contributed by atoms with van der Waals surface area (Å²) in [6.07, 6.45) is 6.85. The fraction of sp³-hybridized carbons (Fsp3) is 0.786. The van der Waals surface area contributed by atoms with Gasteiger partial charge in [-0.15, -0.1) is 0 Å². The highest BCUT2D eigenvalue weighted by Crippen LogP contribution is 2.24. The molecular weight excluding hydrogens is 210 g/mol. The fourth-order valence-corrected chi connectivity index (χ4v) is 3.12. The number of nitrogens with one attached hydrogen (secondary N) is 1. The molecule has 1 aromatic rings. The number of hydrogen-bond donors (Lipinski definition) is 1. The van der Waals surface area contributed by atoms with Crippen molar-refractivity contribution < 1.29 is 0 Å². The van der Waals surface area contributed by atoms with E-state index >= 15 is 0 Å². The summed E-state index contributed by atoms with van der Waals surface area (Å²) in [6, 6.07) is 1.13. The third-order valence-corrected chi connectivity index (χ3v) is 4.09. The van der Waals surface area contributed by atoms with Crippen molar-refractivity contribution >= 4 is 0 Å². The molecule has 3 nitrogen and oxygen atoms in total. The van der Waals surface area contributed by atoms with Crippen LogP contribution in [0, 0.1) is 13.8 Å². The molecule has 2 rings (SSSR count). The molecule has 0 spiro atoms. The Bertz CT molecular complexity index is 375. The van der Waals surface area contributed by atoms with Gasteiger partial charge in [-0.3, -0.25) is 4.68 Å². The van der Waals surface area contributed by atoms with Gasteiger partial charge in [-0.2, -0.15) is 5.10 Å². The van der Waals surface area contributed by atoms with E-state index in [4.69, 9.17) is 0 Å². The summed E-state index contributed by atoms with van der Waals surface area (Å²) in [7, 11) is 2.03. The Morgan fingerprint density at radius 2 is 1.88 bits per heavy atom.